The number of aryl methyl sites for hydroxylation is 1. The lowest BCUT2D eigenvalue weighted by atomic mass is 10.1. The van der Waals surface area contributed by atoms with Crippen LogP contribution in [0.25, 0.3) is 0 Å². The summed E-state index contributed by atoms with van der Waals surface area (Å²) >= 11 is 0. The van der Waals surface area contributed by atoms with Gasteiger partial charge in [-0.25, -0.2) is 0 Å². The Morgan fingerprint density at radius 1 is 1.00 bits per heavy atom. The zero-order valence-corrected chi connectivity index (χ0v) is 15.6. The van der Waals surface area contributed by atoms with Crippen LogP contribution < -0.4 is 10.2 Å². The monoisotopic (exact) mass is 384 g/mol. The number of hydrogen-bond acceptors (Lipinski definition) is 6. The minimum absolute atomic E-state index is 0.0855. The third-order valence-corrected chi connectivity index (χ3v) is 4.94. The molecule has 0 saturated carbocycles. The van der Waals surface area contributed by atoms with Gasteiger partial charge in [-0.1, -0.05) is 0 Å². The molecule has 0 aromatic heterocycles. The predicted octanol–water partition coefficient (Wildman–Crippen LogP) is 3.97. The third kappa shape index (κ3) is 3.78. The van der Waals surface area contributed by atoms with E-state index in [1.54, 1.807) is 6.07 Å². The van der Waals surface area contributed by atoms with Gasteiger partial charge in [-0.2, -0.15) is 0 Å². The number of carbonyl (C=O) groups excluding carboxylic acids is 1. The molecular weight excluding hydrogens is 364 g/mol. The van der Waals surface area contributed by atoms with Crippen LogP contribution in [0.15, 0.2) is 30.3 Å². The molecule has 146 valence electrons. The van der Waals surface area contributed by atoms with Gasteiger partial charge in [-0.05, 0) is 50.5 Å². The Bertz CT molecular complexity index is 932. The molecule has 1 amide bonds. The van der Waals surface area contributed by atoms with Crippen molar-refractivity contribution in [2.24, 2.45) is 0 Å². The molecule has 0 aliphatic carbocycles. The van der Waals surface area contributed by atoms with Crippen molar-refractivity contribution in [1.29, 1.82) is 0 Å². The van der Waals surface area contributed by atoms with E-state index in [0.29, 0.717) is 5.69 Å². The van der Waals surface area contributed by atoms with Crippen molar-refractivity contribution >= 4 is 28.7 Å². The number of nitrogens with zero attached hydrogens (tertiary/aromatic N) is 3. The molecule has 0 unspecified atom stereocenters. The van der Waals surface area contributed by atoms with E-state index in [9.17, 15) is 25.0 Å². The number of nitrogens with one attached hydrogen (secondary N) is 1. The van der Waals surface area contributed by atoms with Gasteiger partial charge >= 0.3 is 0 Å². The minimum Gasteiger partial charge on any atom is -0.372 e. The van der Waals surface area contributed by atoms with Crippen LogP contribution in [-0.4, -0.2) is 28.8 Å². The van der Waals surface area contributed by atoms with Gasteiger partial charge in [0.25, 0.3) is 17.3 Å². The minimum atomic E-state index is -0.727. The maximum atomic E-state index is 12.6. The molecule has 1 saturated heterocycles. The molecule has 3 rings (SSSR count). The Kier molecular flexibility index (Phi) is 5.25. The maximum absolute atomic E-state index is 12.6. The quantitative estimate of drug-likeness (QED) is 0.615. The van der Waals surface area contributed by atoms with E-state index in [2.05, 4.69) is 10.2 Å². The molecule has 9 nitrogen and oxygen atoms in total. The standard InChI is InChI=1S/C19H20N4O5/c1-12-9-15(21-7-3-4-8-21)5-6-16(12)20-19(24)14-10-17(22(25)26)13(2)18(11-14)23(27)28/h5-6,9-11H,3-4,7-8H2,1-2H3,(H,20,24). The number of amides is 1. The van der Waals surface area contributed by atoms with Crippen molar-refractivity contribution in [3.05, 3.63) is 67.3 Å². The van der Waals surface area contributed by atoms with E-state index in [1.807, 2.05) is 19.1 Å². The number of rotatable bonds is 5. The van der Waals surface area contributed by atoms with Gasteiger partial charge in [-0.3, -0.25) is 25.0 Å². The molecule has 0 atom stereocenters. The summed E-state index contributed by atoms with van der Waals surface area (Å²) in [5.74, 6) is -0.636. The number of carbonyl (C=O) groups is 1. The van der Waals surface area contributed by atoms with Crippen LogP contribution in [0.1, 0.15) is 34.3 Å². The Morgan fingerprint density at radius 3 is 2.07 bits per heavy atom. The molecule has 2 aromatic carbocycles. The first-order valence-electron chi connectivity index (χ1n) is 8.88. The van der Waals surface area contributed by atoms with Crippen molar-refractivity contribution in [3.63, 3.8) is 0 Å². The molecule has 0 radical (unpaired) electrons. The molecule has 28 heavy (non-hydrogen) atoms. The zero-order chi connectivity index (χ0) is 20.4. The topological polar surface area (TPSA) is 119 Å². The summed E-state index contributed by atoms with van der Waals surface area (Å²) in [6.07, 6.45) is 2.31. The molecule has 2 aromatic rings. The van der Waals surface area contributed by atoms with Crippen LogP contribution >= 0.6 is 0 Å². The number of anilines is 2. The van der Waals surface area contributed by atoms with Crippen molar-refractivity contribution in [2.75, 3.05) is 23.3 Å². The lowest BCUT2D eigenvalue weighted by Crippen LogP contribution is -2.18. The summed E-state index contributed by atoms with van der Waals surface area (Å²) in [5, 5.41) is 25.1. The smallest absolute Gasteiger partial charge is 0.279 e. The first-order chi connectivity index (χ1) is 13.3. The maximum Gasteiger partial charge on any atom is 0.279 e. The predicted molar refractivity (Wildman–Crippen MR) is 105 cm³/mol. The summed E-state index contributed by atoms with van der Waals surface area (Å²) in [7, 11) is 0. The summed E-state index contributed by atoms with van der Waals surface area (Å²) < 4.78 is 0. The largest absolute Gasteiger partial charge is 0.372 e. The summed E-state index contributed by atoms with van der Waals surface area (Å²) in [5.41, 5.74) is 1.34. The second kappa shape index (κ2) is 7.63. The van der Waals surface area contributed by atoms with Crippen LogP contribution in [-0.2, 0) is 0 Å². The van der Waals surface area contributed by atoms with E-state index in [-0.39, 0.29) is 11.1 Å². The summed E-state index contributed by atoms with van der Waals surface area (Å²) in [4.78, 5) is 35.8. The van der Waals surface area contributed by atoms with Crippen LogP contribution in [0.5, 0.6) is 0 Å². The molecule has 0 bridgehead atoms. The highest BCUT2D eigenvalue weighted by Gasteiger charge is 2.25. The SMILES string of the molecule is Cc1cc(N2CCCC2)ccc1NC(=O)c1cc([N+](=O)[O-])c(C)c([N+](=O)[O-])c1. The highest BCUT2D eigenvalue weighted by Crippen LogP contribution is 2.30. The lowest BCUT2D eigenvalue weighted by molar-refractivity contribution is -0.395. The Labute approximate surface area is 161 Å². The van der Waals surface area contributed by atoms with E-state index in [4.69, 9.17) is 0 Å². The van der Waals surface area contributed by atoms with Gasteiger partial charge in [0.15, 0.2) is 0 Å². The van der Waals surface area contributed by atoms with Crippen LogP contribution in [0.2, 0.25) is 0 Å². The highest BCUT2D eigenvalue weighted by molar-refractivity contribution is 6.05. The van der Waals surface area contributed by atoms with Gasteiger partial charge in [0.05, 0.1) is 15.4 Å². The fourth-order valence-corrected chi connectivity index (χ4v) is 3.35. The molecule has 1 heterocycles. The first-order valence-corrected chi connectivity index (χ1v) is 8.88. The molecule has 1 N–H and O–H groups in total. The average molecular weight is 384 g/mol. The van der Waals surface area contributed by atoms with Gasteiger partial charge in [0.1, 0.15) is 5.56 Å². The Hall–Kier alpha value is -3.49. The van der Waals surface area contributed by atoms with Crippen LogP contribution in [0, 0.1) is 34.1 Å². The van der Waals surface area contributed by atoms with Gasteiger partial charge in [0.2, 0.25) is 0 Å². The van der Waals surface area contributed by atoms with Gasteiger partial charge in [0, 0.05) is 36.6 Å². The summed E-state index contributed by atoms with van der Waals surface area (Å²) in [6, 6.07) is 7.78. The summed E-state index contributed by atoms with van der Waals surface area (Å²) in [6.45, 7) is 5.15. The average Bonchev–Trinajstić information content (AvgIpc) is 3.17. The second-order valence-electron chi connectivity index (χ2n) is 6.80. The van der Waals surface area contributed by atoms with E-state index in [1.165, 1.54) is 6.92 Å². The van der Waals surface area contributed by atoms with E-state index >= 15 is 0 Å². The zero-order valence-electron chi connectivity index (χ0n) is 15.6. The van der Waals surface area contributed by atoms with Crippen molar-refractivity contribution in [1.82, 2.24) is 0 Å². The Morgan fingerprint density at radius 2 is 1.57 bits per heavy atom. The fraction of sp³-hybridized carbons (Fsp3) is 0.316. The number of nitro benzene ring substituents is 2. The first kappa shape index (κ1) is 19.3. The molecule has 1 fully saturated rings. The van der Waals surface area contributed by atoms with Crippen molar-refractivity contribution in [3.8, 4) is 0 Å². The Balaban J connectivity index is 1.88. The number of benzene rings is 2. The lowest BCUT2D eigenvalue weighted by Gasteiger charge is -2.19. The molecular formula is C19H20N4O5. The molecule has 1 aliphatic heterocycles. The third-order valence-electron chi connectivity index (χ3n) is 4.94. The van der Waals surface area contributed by atoms with Crippen LogP contribution in [0.3, 0.4) is 0 Å². The van der Waals surface area contributed by atoms with Gasteiger partial charge < -0.3 is 10.2 Å². The van der Waals surface area contributed by atoms with E-state index < -0.39 is 27.1 Å². The number of hydrogen-bond donors (Lipinski definition) is 1. The molecule has 1 aliphatic rings. The number of nitro groups is 2. The van der Waals surface area contributed by atoms with Crippen LogP contribution in [0.4, 0.5) is 22.7 Å². The molecule has 0 spiro atoms. The normalized spacial score (nSPS) is 13.4. The second-order valence-corrected chi connectivity index (χ2v) is 6.80. The van der Waals surface area contributed by atoms with Gasteiger partial charge in [-0.15, -0.1) is 0 Å². The molecule has 9 heteroatoms. The van der Waals surface area contributed by atoms with Crippen molar-refractivity contribution < 1.29 is 14.6 Å². The fourth-order valence-electron chi connectivity index (χ4n) is 3.35. The highest BCUT2D eigenvalue weighted by atomic mass is 16.6. The van der Waals surface area contributed by atoms with Crippen molar-refractivity contribution in [2.45, 2.75) is 26.7 Å². The van der Waals surface area contributed by atoms with E-state index in [0.717, 1.165) is 49.3 Å².